The summed E-state index contributed by atoms with van der Waals surface area (Å²) in [5.41, 5.74) is 0.899. The summed E-state index contributed by atoms with van der Waals surface area (Å²) in [4.78, 5) is 16.3. The molecule has 0 aliphatic rings. The SMILES string of the molecule is CC[C@H](c1nnc(SCC(=O)N(CC)c2ccccc2)o1)N(C)C. The third-order valence-corrected chi connectivity index (χ3v) is 4.52. The zero-order chi connectivity index (χ0) is 17.5. The van der Waals surface area contributed by atoms with Gasteiger partial charge >= 0.3 is 0 Å². The van der Waals surface area contributed by atoms with Gasteiger partial charge < -0.3 is 9.32 Å². The van der Waals surface area contributed by atoms with Crippen molar-refractivity contribution in [1.82, 2.24) is 15.1 Å². The highest BCUT2D eigenvalue weighted by Gasteiger charge is 2.20. The Labute approximate surface area is 147 Å². The monoisotopic (exact) mass is 348 g/mol. The average Bonchev–Trinajstić information content (AvgIpc) is 3.03. The van der Waals surface area contributed by atoms with Crippen LogP contribution >= 0.6 is 11.8 Å². The van der Waals surface area contributed by atoms with Crippen LogP contribution in [0.4, 0.5) is 5.69 Å². The summed E-state index contributed by atoms with van der Waals surface area (Å²) in [5, 5.41) is 8.58. The third kappa shape index (κ3) is 4.58. The molecule has 1 heterocycles. The van der Waals surface area contributed by atoms with Crippen molar-refractivity contribution in [2.45, 2.75) is 31.5 Å². The van der Waals surface area contributed by atoms with E-state index in [1.54, 1.807) is 4.90 Å². The first-order chi connectivity index (χ1) is 11.6. The van der Waals surface area contributed by atoms with E-state index in [9.17, 15) is 4.79 Å². The molecule has 1 amide bonds. The molecule has 0 radical (unpaired) electrons. The first kappa shape index (κ1) is 18.5. The molecule has 24 heavy (non-hydrogen) atoms. The molecule has 0 fully saturated rings. The summed E-state index contributed by atoms with van der Waals surface area (Å²) < 4.78 is 5.70. The fourth-order valence-electron chi connectivity index (χ4n) is 2.49. The van der Waals surface area contributed by atoms with Crippen molar-refractivity contribution < 1.29 is 9.21 Å². The molecule has 1 atom stereocenters. The van der Waals surface area contributed by atoms with Crippen LogP contribution in [0.2, 0.25) is 0 Å². The molecule has 0 aliphatic heterocycles. The maximum Gasteiger partial charge on any atom is 0.277 e. The topological polar surface area (TPSA) is 62.5 Å². The van der Waals surface area contributed by atoms with Gasteiger partial charge in [-0.05, 0) is 39.6 Å². The molecule has 0 unspecified atom stereocenters. The van der Waals surface area contributed by atoms with Crippen molar-refractivity contribution >= 4 is 23.4 Å². The summed E-state index contributed by atoms with van der Waals surface area (Å²) >= 11 is 1.28. The van der Waals surface area contributed by atoms with Gasteiger partial charge in [0.25, 0.3) is 5.22 Å². The van der Waals surface area contributed by atoms with Gasteiger partial charge in [-0.3, -0.25) is 9.69 Å². The molecule has 0 bridgehead atoms. The van der Waals surface area contributed by atoms with Gasteiger partial charge in [0.1, 0.15) is 0 Å². The molecular weight excluding hydrogens is 324 g/mol. The van der Waals surface area contributed by atoms with E-state index in [0.717, 1.165) is 12.1 Å². The minimum atomic E-state index is 0.0214. The number of anilines is 1. The highest BCUT2D eigenvalue weighted by Crippen LogP contribution is 2.25. The average molecular weight is 348 g/mol. The Kier molecular flexibility index (Phi) is 6.81. The van der Waals surface area contributed by atoms with Crippen LogP contribution in [0.25, 0.3) is 0 Å². The number of benzene rings is 1. The molecular formula is C17H24N4O2S. The minimum Gasteiger partial charge on any atom is -0.414 e. The lowest BCUT2D eigenvalue weighted by Gasteiger charge is -2.20. The van der Waals surface area contributed by atoms with Crippen LogP contribution in [-0.4, -0.2) is 47.4 Å². The smallest absolute Gasteiger partial charge is 0.277 e. The molecule has 7 heteroatoms. The molecule has 0 saturated carbocycles. The van der Waals surface area contributed by atoms with Crippen molar-refractivity contribution in [3.05, 3.63) is 36.2 Å². The van der Waals surface area contributed by atoms with Crippen molar-refractivity contribution in [3.8, 4) is 0 Å². The largest absolute Gasteiger partial charge is 0.414 e. The summed E-state index contributed by atoms with van der Waals surface area (Å²) in [5.74, 6) is 0.879. The lowest BCUT2D eigenvalue weighted by molar-refractivity contribution is -0.116. The number of thioether (sulfide) groups is 1. The van der Waals surface area contributed by atoms with Gasteiger partial charge in [0.2, 0.25) is 11.8 Å². The number of carbonyl (C=O) groups excluding carboxylic acids is 1. The number of para-hydroxylation sites is 1. The van der Waals surface area contributed by atoms with Crippen LogP contribution in [0.15, 0.2) is 40.0 Å². The van der Waals surface area contributed by atoms with E-state index in [2.05, 4.69) is 17.1 Å². The number of carbonyl (C=O) groups is 1. The summed E-state index contributed by atoms with van der Waals surface area (Å²) in [7, 11) is 3.96. The Morgan fingerprint density at radius 2 is 1.92 bits per heavy atom. The second kappa shape index (κ2) is 8.84. The van der Waals surface area contributed by atoms with Gasteiger partial charge in [-0.25, -0.2) is 0 Å². The first-order valence-corrected chi connectivity index (χ1v) is 9.03. The standard InChI is InChI=1S/C17H24N4O2S/c1-5-14(20(3)4)16-18-19-17(23-16)24-12-15(22)21(6-2)13-10-8-7-9-11-13/h7-11,14H,5-6,12H2,1-4H3/t14-/m1/s1. The number of aromatic nitrogens is 2. The van der Waals surface area contributed by atoms with Crippen molar-refractivity contribution in [2.24, 2.45) is 0 Å². The quantitative estimate of drug-likeness (QED) is 0.683. The normalized spacial score (nSPS) is 12.4. The molecule has 0 spiro atoms. The van der Waals surface area contributed by atoms with E-state index < -0.39 is 0 Å². The molecule has 1 aromatic heterocycles. The highest BCUT2D eigenvalue weighted by molar-refractivity contribution is 7.99. The lowest BCUT2D eigenvalue weighted by atomic mass is 10.2. The van der Waals surface area contributed by atoms with E-state index in [1.807, 2.05) is 56.3 Å². The van der Waals surface area contributed by atoms with E-state index in [4.69, 9.17) is 4.42 Å². The molecule has 2 aromatic rings. The Hall–Kier alpha value is -1.86. The second-order valence-corrected chi connectivity index (χ2v) is 6.48. The summed E-state index contributed by atoms with van der Waals surface area (Å²) in [6.07, 6.45) is 0.885. The van der Waals surface area contributed by atoms with Gasteiger partial charge in [0.15, 0.2) is 0 Å². The Morgan fingerprint density at radius 1 is 1.21 bits per heavy atom. The van der Waals surface area contributed by atoms with Crippen molar-refractivity contribution in [1.29, 1.82) is 0 Å². The predicted molar refractivity (Wildman–Crippen MR) is 96.2 cm³/mol. The van der Waals surface area contributed by atoms with Crippen LogP contribution < -0.4 is 4.90 Å². The van der Waals surface area contributed by atoms with Gasteiger partial charge in [0, 0.05) is 12.2 Å². The maximum absolute atomic E-state index is 12.5. The highest BCUT2D eigenvalue weighted by atomic mass is 32.2. The maximum atomic E-state index is 12.5. The number of hydrogen-bond acceptors (Lipinski definition) is 6. The number of amides is 1. The fourth-order valence-corrected chi connectivity index (χ4v) is 3.13. The predicted octanol–water partition coefficient (Wildman–Crippen LogP) is 3.23. The van der Waals surface area contributed by atoms with Crippen LogP contribution in [0.1, 0.15) is 32.2 Å². The fraction of sp³-hybridized carbons (Fsp3) is 0.471. The van der Waals surface area contributed by atoms with Crippen molar-refractivity contribution in [3.63, 3.8) is 0 Å². The molecule has 0 N–H and O–H groups in total. The molecule has 1 aromatic carbocycles. The Bertz CT molecular complexity index is 645. The van der Waals surface area contributed by atoms with E-state index in [-0.39, 0.29) is 17.7 Å². The molecule has 2 rings (SSSR count). The third-order valence-electron chi connectivity index (χ3n) is 3.72. The summed E-state index contributed by atoms with van der Waals surface area (Å²) in [6.45, 7) is 4.66. The van der Waals surface area contributed by atoms with Gasteiger partial charge in [-0.2, -0.15) is 0 Å². The van der Waals surface area contributed by atoms with E-state index in [1.165, 1.54) is 11.8 Å². The molecule has 6 nitrogen and oxygen atoms in total. The summed E-state index contributed by atoms with van der Waals surface area (Å²) in [6, 6.07) is 9.74. The van der Waals surface area contributed by atoms with Crippen molar-refractivity contribution in [2.75, 3.05) is 31.3 Å². The second-order valence-electron chi connectivity index (χ2n) is 5.56. The van der Waals surface area contributed by atoms with Crippen LogP contribution in [0.5, 0.6) is 0 Å². The minimum absolute atomic E-state index is 0.0214. The number of hydrogen-bond donors (Lipinski definition) is 0. The molecule has 0 saturated heterocycles. The lowest BCUT2D eigenvalue weighted by Crippen LogP contribution is -2.32. The Morgan fingerprint density at radius 3 is 2.50 bits per heavy atom. The molecule has 130 valence electrons. The van der Waals surface area contributed by atoms with Crippen LogP contribution in [0.3, 0.4) is 0 Å². The Balaban J connectivity index is 1.98. The van der Waals surface area contributed by atoms with Gasteiger partial charge in [-0.15, -0.1) is 10.2 Å². The molecule has 0 aliphatic carbocycles. The zero-order valence-electron chi connectivity index (χ0n) is 14.6. The number of nitrogens with zero attached hydrogens (tertiary/aromatic N) is 4. The van der Waals surface area contributed by atoms with Gasteiger partial charge in [0.05, 0.1) is 11.8 Å². The van der Waals surface area contributed by atoms with Crippen LogP contribution in [0, 0.1) is 0 Å². The van der Waals surface area contributed by atoms with E-state index in [0.29, 0.717) is 17.7 Å². The van der Waals surface area contributed by atoms with Gasteiger partial charge in [-0.1, -0.05) is 36.9 Å². The van der Waals surface area contributed by atoms with Crippen LogP contribution in [-0.2, 0) is 4.79 Å². The number of rotatable bonds is 8. The van der Waals surface area contributed by atoms with E-state index >= 15 is 0 Å². The first-order valence-electron chi connectivity index (χ1n) is 8.04. The zero-order valence-corrected chi connectivity index (χ0v) is 15.4.